The first-order chi connectivity index (χ1) is 15.5. The summed E-state index contributed by atoms with van der Waals surface area (Å²) in [7, 11) is -2.31. The number of halogens is 2. The number of carbonyl (C=O) groups excluding carboxylic acids is 1. The number of ether oxygens (including phenoxy) is 1. The number of rotatable bonds is 5. The average molecular weight is 544 g/mol. The van der Waals surface area contributed by atoms with Gasteiger partial charge in [0.05, 0.1) is 13.2 Å². The SMILES string of the molecule is C[C@@H]1CN([C@H](C)CO)S(=O)(=O)c2ccc(Br)cc2O[C@H]1CN(C)C(=O)Nc1ccc(F)cc1. The third-order valence-corrected chi connectivity index (χ3v) is 8.04. The minimum absolute atomic E-state index is 0.00122. The van der Waals surface area contributed by atoms with Gasteiger partial charge in [-0.25, -0.2) is 17.6 Å². The lowest BCUT2D eigenvalue weighted by atomic mass is 10.0. The van der Waals surface area contributed by atoms with Crippen molar-refractivity contribution < 1.29 is 27.4 Å². The predicted octanol–water partition coefficient (Wildman–Crippen LogP) is 3.52. The number of benzene rings is 2. The van der Waals surface area contributed by atoms with E-state index >= 15 is 0 Å². The summed E-state index contributed by atoms with van der Waals surface area (Å²) in [4.78, 5) is 14.1. The number of sulfonamides is 1. The third-order valence-electron chi connectivity index (χ3n) is 5.53. The van der Waals surface area contributed by atoms with Crippen molar-refractivity contribution in [2.75, 3.05) is 32.1 Å². The second-order valence-corrected chi connectivity index (χ2v) is 10.9. The summed E-state index contributed by atoms with van der Waals surface area (Å²) >= 11 is 3.35. The molecule has 1 heterocycles. The molecule has 2 amide bonds. The van der Waals surface area contributed by atoms with E-state index in [4.69, 9.17) is 4.74 Å². The van der Waals surface area contributed by atoms with Crippen molar-refractivity contribution in [2.45, 2.75) is 30.9 Å². The van der Waals surface area contributed by atoms with Crippen LogP contribution in [0, 0.1) is 11.7 Å². The van der Waals surface area contributed by atoms with Crippen molar-refractivity contribution in [3.05, 3.63) is 52.8 Å². The maximum Gasteiger partial charge on any atom is 0.321 e. The van der Waals surface area contributed by atoms with Gasteiger partial charge in [-0.2, -0.15) is 4.31 Å². The van der Waals surface area contributed by atoms with E-state index in [1.165, 1.54) is 39.5 Å². The fourth-order valence-corrected chi connectivity index (χ4v) is 5.69. The Balaban J connectivity index is 1.87. The highest BCUT2D eigenvalue weighted by atomic mass is 79.9. The molecule has 0 saturated heterocycles. The summed E-state index contributed by atoms with van der Waals surface area (Å²) in [5.41, 5.74) is 0.447. The topological polar surface area (TPSA) is 99.2 Å². The molecule has 0 spiro atoms. The van der Waals surface area contributed by atoms with Gasteiger partial charge >= 0.3 is 6.03 Å². The van der Waals surface area contributed by atoms with Crippen molar-refractivity contribution in [2.24, 2.45) is 5.92 Å². The van der Waals surface area contributed by atoms with Gasteiger partial charge in [0.2, 0.25) is 10.0 Å². The molecule has 0 unspecified atom stereocenters. The zero-order valence-corrected chi connectivity index (χ0v) is 20.9. The predicted molar refractivity (Wildman–Crippen MR) is 126 cm³/mol. The number of aliphatic hydroxyl groups excluding tert-OH is 1. The molecule has 0 saturated carbocycles. The van der Waals surface area contributed by atoms with Crippen molar-refractivity contribution in [1.29, 1.82) is 0 Å². The lowest BCUT2D eigenvalue weighted by Crippen LogP contribution is -2.50. The Bertz CT molecular complexity index is 1100. The molecule has 33 heavy (non-hydrogen) atoms. The minimum atomic E-state index is -3.91. The molecule has 2 aromatic carbocycles. The number of urea groups is 1. The lowest BCUT2D eigenvalue weighted by Gasteiger charge is -2.37. The number of aliphatic hydroxyl groups is 1. The minimum Gasteiger partial charge on any atom is -0.487 e. The summed E-state index contributed by atoms with van der Waals surface area (Å²) in [5, 5.41) is 12.4. The molecule has 1 aliphatic heterocycles. The molecule has 0 bridgehead atoms. The molecule has 8 nitrogen and oxygen atoms in total. The highest BCUT2D eigenvalue weighted by molar-refractivity contribution is 9.10. The summed E-state index contributed by atoms with van der Waals surface area (Å²) in [6, 6.07) is 9.04. The van der Waals surface area contributed by atoms with Crippen molar-refractivity contribution in [3.8, 4) is 5.75 Å². The van der Waals surface area contributed by atoms with Crippen molar-refractivity contribution in [1.82, 2.24) is 9.21 Å². The fraction of sp³-hybridized carbons (Fsp3) is 0.409. The Labute approximate surface area is 201 Å². The Kier molecular flexibility index (Phi) is 7.99. The third kappa shape index (κ3) is 5.84. The smallest absolute Gasteiger partial charge is 0.321 e. The van der Waals surface area contributed by atoms with E-state index in [9.17, 15) is 22.7 Å². The molecule has 2 N–H and O–H groups in total. The van der Waals surface area contributed by atoms with Gasteiger partial charge in [-0.15, -0.1) is 0 Å². The van der Waals surface area contributed by atoms with E-state index < -0.39 is 34.0 Å². The standard InChI is InChI=1S/C22H27BrFN3O5S/c1-14-11-27(15(2)13-28)33(30,31)21-9-4-16(23)10-19(21)32-20(14)12-26(3)22(29)25-18-7-5-17(24)6-8-18/h4-10,14-15,20,28H,11-13H2,1-3H3,(H,25,29)/t14-,15-,20+/m1/s1. The first-order valence-corrected chi connectivity index (χ1v) is 12.6. The zero-order chi connectivity index (χ0) is 24.3. The number of likely N-dealkylation sites (N-methyl/N-ethyl adjacent to an activating group) is 1. The number of anilines is 1. The molecule has 11 heteroatoms. The van der Waals surface area contributed by atoms with Crippen LogP contribution in [-0.4, -0.2) is 67.7 Å². The Morgan fingerprint density at radius 3 is 2.64 bits per heavy atom. The average Bonchev–Trinajstić information content (AvgIpc) is 2.76. The summed E-state index contributed by atoms with van der Waals surface area (Å²) in [6.45, 7) is 3.43. The van der Waals surface area contributed by atoms with E-state index in [0.29, 0.717) is 10.2 Å². The van der Waals surface area contributed by atoms with Crippen molar-refractivity contribution >= 4 is 37.7 Å². The molecule has 3 rings (SSSR count). The van der Waals surface area contributed by atoms with Gasteiger partial charge in [0.15, 0.2) is 0 Å². The van der Waals surface area contributed by atoms with Gasteiger partial charge in [-0.3, -0.25) is 0 Å². The number of nitrogens with one attached hydrogen (secondary N) is 1. The second-order valence-electron chi connectivity index (χ2n) is 8.15. The quantitative estimate of drug-likeness (QED) is 0.601. The molecule has 0 aromatic heterocycles. The van der Waals surface area contributed by atoms with Crippen LogP contribution in [0.25, 0.3) is 0 Å². The Hall–Kier alpha value is -2.21. The van der Waals surface area contributed by atoms with Crippen molar-refractivity contribution in [3.63, 3.8) is 0 Å². The largest absolute Gasteiger partial charge is 0.487 e. The van der Waals surface area contributed by atoms with Crippen LogP contribution in [0.3, 0.4) is 0 Å². The lowest BCUT2D eigenvalue weighted by molar-refractivity contribution is 0.0829. The molecule has 0 fully saturated rings. The molecule has 0 aliphatic carbocycles. The molecule has 1 aliphatic rings. The van der Waals surface area contributed by atoms with Crippen LogP contribution in [0.2, 0.25) is 0 Å². The van der Waals surface area contributed by atoms with Gasteiger partial charge in [-0.1, -0.05) is 22.9 Å². The van der Waals surface area contributed by atoms with E-state index in [2.05, 4.69) is 21.2 Å². The van der Waals surface area contributed by atoms with Gasteiger partial charge in [0.25, 0.3) is 0 Å². The van der Waals surface area contributed by atoms with Gasteiger partial charge in [0.1, 0.15) is 22.6 Å². The Morgan fingerprint density at radius 1 is 1.33 bits per heavy atom. The number of carbonyl (C=O) groups is 1. The number of hydrogen-bond donors (Lipinski definition) is 2. The van der Waals surface area contributed by atoms with E-state index in [0.717, 1.165) is 0 Å². The van der Waals surface area contributed by atoms with Crippen LogP contribution in [0.1, 0.15) is 13.8 Å². The van der Waals surface area contributed by atoms with Gasteiger partial charge < -0.3 is 20.1 Å². The zero-order valence-electron chi connectivity index (χ0n) is 18.5. The van der Waals surface area contributed by atoms with Crippen LogP contribution < -0.4 is 10.1 Å². The Morgan fingerprint density at radius 2 is 2.00 bits per heavy atom. The first kappa shape index (κ1) is 25.4. The van der Waals surface area contributed by atoms with Crippen LogP contribution in [0.5, 0.6) is 5.75 Å². The number of fused-ring (bicyclic) bond motifs is 1. The highest BCUT2D eigenvalue weighted by Gasteiger charge is 2.38. The van der Waals surface area contributed by atoms with Gasteiger partial charge in [0, 0.05) is 35.7 Å². The molecule has 180 valence electrons. The number of hydrogen-bond acceptors (Lipinski definition) is 5. The molecule has 2 aromatic rings. The van der Waals surface area contributed by atoms with E-state index in [1.54, 1.807) is 26.1 Å². The first-order valence-electron chi connectivity index (χ1n) is 10.4. The number of nitrogens with zero attached hydrogens (tertiary/aromatic N) is 2. The van der Waals surface area contributed by atoms with Crippen LogP contribution in [0.15, 0.2) is 51.8 Å². The summed E-state index contributed by atoms with van der Waals surface area (Å²) < 4.78 is 47.8. The van der Waals surface area contributed by atoms with Gasteiger partial charge in [-0.05, 0) is 49.4 Å². The van der Waals surface area contributed by atoms with Crippen LogP contribution in [-0.2, 0) is 10.0 Å². The summed E-state index contributed by atoms with van der Waals surface area (Å²) in [5.74, 6) is -0.537. The number of amides is 2. The monoisotopic (exact) mass is 543 g/mol. The molecule has 0 radical (unpaired) electrons. The normalized spacial score (nSPS) is 21.2. The van der Waals surface area contributed by atoms with E-state index in [1.807, 2.05) is 6.92 Å². The maximum absolute atomic E-state index is 13.3. The van der Waals surface area contributed by atoms with E-state index in [-0.39, 0.29) is 36.3 Å². The highest BCUT2D eigenvalue weighted by Crippen LogP contribution is 2.35. The molecular formula is C22H27BrFN3O5S. The molecular weight excluding hydrogens is 517 g/mol. The molecule has 3 atom stereocenters. The van der Waals surface area contributed by atoms with Crippen LogP contribution >= 0.6 is 15.9 Å². The maximum atomic E-state index is 13.3. The fourth-order valence-electron chi connectivity index (χ4n) is 3.52. The van der Waals surface area contributed by atoms with Crippen LogP contribution in [0.4, 0.5) is 14.9 Å². The summed E-state index contributed by atoms with van der Waals surface area (Å²) in [6.07, 6.45) is -0.536. The second kappa shape index (κ2) is 10.4.